The summed E-state index contributed by atoms with van der Waals surface area (Å²) in [4.78, 5) is 0. The van der Waals surface area contributed by atoms with Crippen LogP contribution in [0.5, 0.6) is 0 Å². The standard InChI is InChI=1S/C41H25NS/c1-2-10-28-25(9-1)17-21-36-40(28)32-20-18-27(42-26-19-22-39-33(23-26)31-13-5-8-16-38(31)43-39)24-37(32)41(36)34-14-6-3-11-29(34)30-12-4-7-15-35(30)41/h1-24,42H. The van der Waals surface area contributed by atoms with Crippen LogP contribution in [0.15, 0.2) is 146 Å². The lowest BCUT2D eigenvalue weighted by atomic mass is 9.70. The van der Waals surface area contributed by atoms with Gasteiger partial charge in [-0.3, -0.25) is 0 Å². The Kier molecular flexibility index (Phi) is 4.59. The maximum absolute atomic E-state index is 3.80. The van der Waals surface area contributed by atoms with E-state index in [1.807, 2.05) is 11.3 Å². The molecule has 2 aliphatic rings. The van der Waals surface area contributed by atoms with Crippen LogP contribution in [-0.4, -0.2) is 0 Å². The molecule has 1 heterocycles. The molecule has 1 nitrogen and oxygen atoms in total. The van der Waals surface area contributed by atoms with Crippen molar-refractivity contribution >= 4 is 53.7 Å². The zero-order chi connectivity index (χ0) is 28.1. The number of fused-ring (bicyclic) bond motifs is 15. The Morgan fingerprint density at radius 3 is 1.91 bits per heavy atom. The molecule has 1 spiro atoms. The Hall–Kier alpha value is -5.18. The Morgan fingerprint density at radius 1 is 0.419 bits per heavy atom. The van der Waals surface area contributed by atoms with Gasteiger partial charge in [0, 0.05) is 31.5 Å². The van der Waals surface area contributed by atoms with Gasteiger partial charge >= 0.3 is 0 Å². The van der Waals surface area contributed by atoms with Crippen LogP contribution in [0.1, 0.15) is 22.3 Å². The largest absolute Gasteiger partial charge is 0.355 e. The van der Waals surface area contributed by atoms with Crippen LogP contribution in [0.25, 0.3) is 53.2 Å². The molecule has 200 valence electrons. The van der Waals surface area contributed by atoms with E-state index in [9.17, 15) is 0 Å². The lowest BCUT2D eigenvalue weighted by Gasteiger charge is -2.30. The monoisotopic (exact) mass is 563 g/mol. The first-order chi connectivity index (χ1) is 21.3. The number of hydrogen-bond acceptors (Lipinski definition) is 2. The van der Waals surface area contributed by atoms with Gasteiger partial charge in [-0.2, -0.15) is 0 Å². The molecule has 7 aromatic carbocycles. The molecule has 0 unspecified atom stereocenters. The Balaban J connectivity index is 1.23. The van der Waals surface area contributed by atoms with Crippen LogP contribution in [0.4, 0.5) is 11.4 Å². The number of benzene rings is 7. The van der Waals surface area contributed by atoms with Crippen molar-refractivity contribution in [1.82, 2.24) is 0 Å². The molecule has 1 N–H and O–H groups in total. The van der Waals surface area contributed by atoms with E-state index in [-0.39, 0.29) is 5.41 Å². The van der Waals surface area contributed by atoms with Crippen molar-refractivity contribution in [3.8, 4) is 22.3 Å². The van der Waals surface area contributed by atoms with E-state index < -0.39 is 0 Å². The smallest absolute Gasteiger partial charge is 0.0726 e. The molecular formula is C41H25NS. The summed E-state index contributed by atoms with van der Waals surface area (Å²) in [6.07, 6.45) is 0. The van der Waals surface area contributed by atoms with E-state index in [1.54, 1.807) is 0 Å². The highest BCUT2D eigenvalue weighted by atomic mass is 32.1. The summed E-state index contributed by atoms with van der Waals surface area (Å²) in [5, 5.41) is 9.02. The minimum atomic E-state index is -0.368. The summed E-state index contributed by atoms with van der Waals surface area (Å²) >= 11 is 1.86. The number of nitrogens with one attached hydrogen (secondary N) is 1. The van der Waals surface area contributed by atoms with E-state index in [1.165, 1.54) is 75.5 Å². The fourth-order valence-electron chi connectivity index (χ4n) is 7.96. The Bertz CT molecular complexity index is 2400. The van der Waals surface area contributed by atoms with Crippen molar-refractivity contribution < 1.29 is 0 Å². The molecule has 43 heavy (non-hydrogen) atoms. The van der Waals surface area contributed by atoms with Crippen molar-refractivity contribution in [2.24, 2.45) is 0 Å². The average molecular weight is 564 g/mol. The van der Waals surface area contributed by atoms with Crippen molar-refractivity contribution in [3.63, 3.8) is 0 Å². The van der Waals surface area contributed by atoms with Gasteiger partial charge in [0.15, 0.2) is 0 Å². The number of rotatable bonds is 2. The first kappa shape index (κ1) is 23.4. The van der Waals surface area contributed by atoms with Gasteiger partial charge in [0.25, 0.3) is 0 Å². The summed E-state index contributed by atoms with van der Waals surface area (Å²) in [6.45, 7) is 0. The fraction of sp³-hybridized carbons (Fsp3) is 0.0244. The Labute approximate surface area is 253 Å². The second-order valence-electron chi connectivity index (χ2n) is 11.7. The van der Waals surface area contributed by atoms with Gasteiger partial charge in [0.2, 0.25) is 0 Å². The molecule has 2 heteroatoms. The minimum absolute atomic E-state index is 0.368. The minimum Gasteiger partial charge on any atom is -0.355 e. The SMILES string of the molecule is c1ccc2c(c1)-c1ccccc1C21c2cc(Nc3ccc4sc5ccccc5c4c3)ccc2-c2c1ccc1ccccc21. The third kappa shape index (κ3) is 3.01. The van der Waals surface area contributed by atoms with Gasteiger partial charge in [-0.1, -0.05) is 109 Å². The highest BCUT2D eigenvalue weighted by Gasteiger charge is 2.52. The van der Waals surface area contributed by atoms with Gasteiger partial charge < -0.3 is 5.32 Å². The molecule has 0 atom stereocenters. The van der Waals surface area contributed by atoms with Crippen molar-refractivity contribution in [3.05, 3.63) is 168 Å². The second kappa shape index (κ2) is 8.44. The topological polar surface area (TPSA) is 12.0 Å². The van der Waals surface area contributed by atoms with Crippen molar-refractivity contribution in [1.29, 1.82) is 0 Å². The molecule has 0 aliphatic heterocycles. The number of hydrogen-bond donors (Lipinski definition) is 1. The van der Waals surface area contributed by atoms with Gasteiger partial charge in [-0.15, -0.1) is 11.3 Å². The third-order valence-corrected chi connectivity index (χ3v) is 10.8. The zero-order valence-electron chi connectivity index (χ0n) is 23.3. The van der Waals surface area contributed by atoms with Crippen molar-refractivity contribution in [2.45, 2.75) is 5.41 Å². The maximum atomic E-state index is 3.80. The lowest BCUT2D eigenvalue weighted by Crippen LogP contribution is -2.25. The van der Waals surface area contributed by atoms with Crippen LogP contribution in [0.3, 0.4) is 0 Å². The normalized spacial score (nSPS) is 13.8. The molecule has 0 saturated heterocycles. The summed E-state index contributed by atoms with van der Waals surface area (Å²) < 4.78 is 2.65. The van der Waals surface area contributed by atoms with Crippen LogP contribution >= 0.6 is 11.3 Å². The molecule has 2 aliphatic carbocycles. The first-order valence-electron chi connectivity index (χ1n) is 14.9. The van der Waals surface area contributed by atoms with Crippen molar-refractivity contribution in [2.75, 3.05) is 5.32 Å². The predicted octanol–water partition coefficient (Wildman–Crippen LogP) is 11.3. The molecule has 0 saturated carbocycles. The summed E-state index contributed by atoms with van der Waals surface area (Å²) in [6, 6.07) is 54.1. The van der Waals surface area contributed by atoms with Gasteiger partial charge in [0.1, 0.15) is 0 Å². The van der Waals surface area contributed by atoms with Crippen LogP contribution in [-0.2, 0) is 5.41 Å². The molecule has 0 radical (unpaired) electrons. The molecular weight excluding hydrogens is 539 g/mol. The van der Waals surface area contributed by atoms with E-state index >= 15 is 0 Å². The van der Waals surface area contributed by atoms with E-state index in [0.29, 0.717) is 0 Å². The second-order valence-corrected chi connectivity index (χ2v) is 12.8. The highest BCUT2D eigenvalue weighted by Crippen LogP contribution is 2.64. The van der Waals surface area contributed by atoms with Gasteiger partial charge in [0.05, 0.1) is 5.41 Å². The molecule has 10 rings (SSSR count). The van der Waals surface area contributed by atoms with E-state index in [2.05, 4.69) is 151 Å². The predicted molar refractivity (Wildman–Crippen MR) is 183 cm³/mol. The fourth-order valence-corrected chi connectivity index (χ4v) is 9.04. The van der Waals surface area contributed by atoms with Crippen LogP contribution in [0, 0.1) is 0 Å². The lowest BCUT2D eigenvalue weighted by molar-refractivity contribution is 0.795. The summed E-state index contributed by atoms with van der Waals surface area (Å²) in [5.74, 6) is 0. The highest BCUT2D eigenvalue weighted by molar-refractivity contribution is 7.25. The molecule has 0 amide bonds. The first-order valence-corrected chi connectivity index (χ1v) is 15.7. The zero-order valence-corrected chi connectivity index (χ0v) is 24.1. The maximum Gasteiger partial charge on any atom is 0.0726 e. The summed E-state index contributed by atoms with van der Waals surface area (Å²) in [5.41, 5.74) is 12.7. The van der Waals surface area contributed by atoms with E-state index in [4.69, 9.17) is 0 Å². The van der Waals surface area contributed by atoms with Gasteiger partial charge in [-0.05, 0) is 91.7 Å². The average Bonchev–Trinajstić information content (AvgIpc) is 3.68. The Morgan fingerprint density at radius 2 is 1.07 bits per heavy atom. The van der Waals surface area contributed by atoms with Crippen LogP contribution in [0.2, 0.25) is 0 Å². The molecule has 0 fully saturated rings. The summed E-state index contributed by atoms with van der Waals surface area (Å²) in [7, 11) is 0. The van der Waals surface area contributed by atoms with Crippen LogP contribution < -0.4 is 5.32 Å². The molecule has 0 bridgehead atoms. The number of anilines is 2. The quantitative estimate of drug-likeness (QED) is 0.221. The number of thiophene rings is 1. The molecule has 8 aromatic rings. The molecule has 1 aromatic heterocycles. The van der Waals surface area contributed by atoms with Gasteiger partial charge in [-0.25, -0.2) is 0 Å². The third-order valence-electron chi connectivity index (χ3n) is 9.64. The van der Waals surface area contributed by atoms with E-state index in [0.717, 1.165) is 11.4 Å².